The molecule has 0 aliphatic carbocycles. The molecule has 0 bridgehead atoms. The van der Waals surface area contributed by atoms with Crippen molar-refractivity contribution in [1.29, 1.82) is 0 Å². The number of hydrogen-bond donors (Lipinski definition) is 2. The number of ketones is 2. The zero-order chi connectivity index (χ0) is 35.1. The number of aryl methyl sites for hydroxylation is 2. The number of carbonyl (C=O) groups is 4. The summed E-state index contributed by atoms with van der Waals surface area (Å²) in [5.74, 6) is -2.30. The van der Waals surface area contributed by atoms with Crippen LogP contribution in [0, 0.1) is 13.8 Å². The van der Waals surface area contributed by atoms with E-state index in [1.54, 1.807) is 24.3 Å². The molecular weight excluding hydrogens is 698 g/mol. The van der Waals surface area contributed by atoms with Crippen molar-refractivity contribution >= 4 is 92.5 Å². The molecule has 2 N–H and O–H groups in total. The van der Waals surface area contributed by atoms with Gasteiger partial charge in [0, 0.05) is 21.4 Å². The summed E-state index contributed by atoms with van der Waals surface area (Å²) in [6, 6.07) is 17.2. The maximum atomic E-state index is 13.0. The standard InChI is InChI=1S/C34H28Cl4N6O4/c1-17-13-21(5-9-27(17)39-33(47)31(19(3)45)43-41-29-11-7-23(35)15-25(29)37)22-6-10-28(18(2)14-22)40-34(48)32(20(4)46)44-42-30-12-8-24(36)16-26(30)38/h5-16,31-32H,1-4H3,(H,39,47)(H,40,48)/t31-,32-/m1/s1. The van der Waals surface area contributed by atoms with Gasteiger partial charge in [0.25, 0.3) is 11.8 Å². The van der Waals surface area contributed by atoms with Gasteiger partial charge in [0.05, 0.1) is 10.0 Å². The maximum Gasteiger partial charge on any atom is 0.258 e. The van der Waals surface area contributed by atoms with Crippen molar-refractivity contribution in [2.45, 2.75) is 39.8 Å². The van der Waals surface area contributed by atoms with Gasteiger partial charge in [-0.1, -0.05) is 58.5 Å². The SMILES string of the molecule is CC(=O)[C@@H](N=Nc1ccc(Cl)cc1Cl)C(=O)Nc1ccc(-c2ccc(NC(=O)[C@H](N=Nc3ccc(Cl)cc3Cl)C(C)=O)c(C)c2)cc1C. The number of nitrogens with one attached hydrogen (secondary N) is 2. The van der Waals surface area contributed by atoms with Gasteiger partial charge in [0.1, 0.15) is 11.4 Å². The first-order valence-electron chi connectivity index (χ1n) is 14.3. The third-order valence-corrected chi connectivity index (χ3v) is 8.03. The van der Waals surface area contributed by atoms with Gasteiger partial charge in [-0.05, 0) is 111 Å². The number of Topliss-reactive ketones (excluding diaryl/α,β-unsaturated/α-hetero) is 2. The molecule has 0 aliphatic heterocycles. The van der Waals surface area contributed by atoms with Crippen molar-refractivity contribution in [3.63, 3.8) is 0 Å². The molecule has 48 heavy (non-hydrogen) atoms. The molecule has 14 heteroatoms. The van der Waals surface area contributed by atoms with E-state index in [0.717, 1.165) is 22.3 Å². The van der Waals surface area contributed by atoms with Crippen LogP contribution in [0.4, 0.5) is 22.7 Å². The normalized spacial score (nSPS) is 12.6. The van der Waals surface area contributed by atoms with E-state index >= 15 is 0 Å². The lowest BCUT2D eigenvalue weighted by atomic mass is 9.99. The first-order valence-corrected chi connectivity index (χ1v) is 15.8. The molecule has 4 aromatic carbocycles. The van der Waals surface area contributed by atoms with Gasteiger partial charge < -0.3 is 10.6 Å². The first-order chi connectivity index (χ1) is 22.7. The van der Waals surface area contributed by atoms with Gasteiger partial charge in [-0.2, -0.15) is 20.5 Å². The molecule has 2 amide bonds. The summed E-state index contributed by atoms with van der Waals surface area (Å²) >= 11 is 24.1. The summed E-state index contributed by atoms with van der Waals surface area (Å²) in [7, 11) is 0. The Morgan fingerprint density at radius 3 is 1.25 bits per heavy atom. The molecule has 246 valence electrons. The number of amides is 2. The zero-order valence-electron chi connectivity index (χ0n) is 26.0. The minimum atomic E-state index is -1.39. The van der Waals surface area contributed by atoms with Crippen LogP contribution in [-0.4, -0.2) is 35.5 Å². The number of halogens is 4. The van der Waals surface area contributed by atoms with Crippen LogP contribution in [0.15, 0.2) is 93.3 Å². The highest BCUT2D eigenvalue weighted by Gasteiger charge is 2.25. The Kier molecular flexibility index (Phi) is 12.2. The molecule has 0 aliphatic rings. The van der Waals surface area contributed by atoms with E-state index in [0.29, 0.717) is 21.4 Å². The van der Waals surface area contributed by atoms with Crippen LogP contribution in [0.5, 0.6) is 0 Å². The zero-order valence-corrected chi connectivity index (χ0v) is 29.0. The van der Waals surface area contributed by atoms with Crippen LogP contribution < -0.4 is 10.6 Å². The van der Waals surface area contributed by atoms with Crippen LogP contribution in [0.1, 0.15) is 25.0 Å². The number of rotatable bonds is 11. The minimum Gasteiger partial charge on any atom is -0.324 e. The third-order valence-electron chi connectivity index (χ3n) is 6.95. The summed E-state index contributed by atoms with van der Waals surface area (Å²) in [6.45, 7) is 6.12. The van der Waals surface area contributed by atoms with E-state index in [9.17, 15) is 19.2 Å². The molecule has 0 heterocycles. The highest BCUT2D eigenvalue weighted by Crippen LogP contribution is 2.31. The molecule has 2 atom stereocenters. The topological polar surface area (TPSA) is 142 Å². The predicted molar refractivity (Wildman–Crippen MR) is 190 cm³/mol. The fourth-order valence-electron chi connectivity index (χ4n) is 4.37. The molecule has 0 aromatic heterocycles. The number of anilines is 2. The summed E-state index contributed by atoms with van der Waals surface area (Å²) in [5, 5.41) is 22.6. The van der Waals surface area contributed by atoms with E-state index in [4.69, 9.17) is 46.4 Å². The highest BCUT2D eigenvalue weighted by molar-refractivity contribution is 6.36. The van der Waals surface area contributed by atoms with E-state index in [1.807, 2.05) is 38.1 Å². The predicted octanol–water partition coefficient (Wildman–Crippen LogP) is 9.94. The van der Waals surface area contributed by atoms with Crippen molar-refractivity contribution in [1.82, 2.24) is 0 Å². The molecule has 0 radical (unpaired) electrons. The van der Waals surface area contributed by atoms with Crippen LogP contribution in [0.3, 0.4) is 0 Å². The van der Waals surface area contributed by atoms with Crippen LogP contribution >= 0.6 is 46.4 Å². The fourth-order valence-corrected chi connectivity index (χ4v) is 5.26. The molecule has 0 spiro atoms. The lowest BCUT2D eigenvalue weighted by molar-refractivity contribution is -0.127. The van der Waals surface area contributed by atoms with Crippen molar-refractivity contribution in [2.24, 2.45) is 20.5 Å². The number of nitrogens with zero attached hydrogens (tertiary/aromatic N) is 4. The number of hydrogen-bond acceptors (Lipinski definition) is 8. The van der Waals surface area contributed by atoms with Crippen LogP contribution in [0.25, 0.3) is 11.1 Å². The second-order valence-electron chi connectivity index (χ2n) is 10.7. The Hall–Kier alpha value is -4.48. The van der Waals surface area contributed by atoms with Gasteiger partial charge in [0.15, 0.2) is 11.6 Å². The van der Waals surface area contributed by atoms with Crippen molar-refractivity contribution < 1.29 is 19.2 Å². The van der Waals surface area contributed by atoms with Gasteiger partial charge >= 0.3 is 0 Å². The summed E-state index contributed by atoms with van der Waals surface area (Å²) in [5.41, 5.74) is 4.64. The Bertz CT molecular complexity index is 1840. The average molecular weight is 726 g/mol. The Labute approximate surface area is 296 Å². The van der Waals surface area contributed by atoms with Gasteiger partial charge in [-0.25, -0.2) is 0 Å². The molecule has 4 rings (SSSR count). The smallest absolute Gasteiger partial charge is 0.258 e. The lowest BCUT2D eigenvalue weighted by Crippen LogP contribution is -2.32. The summed E-state index contributed by atoms with van der Waals surface area (Å²) in [4.78, 5) is 50.5. The highest BCUT2D eigenvalue weighted by atomic mass is 35.5. The second-order valence-corrected chi connectivity index (χ2v) is 12.4. The van der Waals surface area contributed by atoms with E-state index < -0.39 is 35.5 Å². The molecule has 0 unspecified atom stereocenters. The maximum absolute atomic E-state index is 13.0. The van der Waals surface area contributed by atoms with Gasteiger partial charge in [0.2, 0.25) is 12.1 Å². The average Bonchev–Trinajstić information content (AvgIpc) is 3.01. The minimum absolute atomic E-state index is 0.230. The number of carbonyl (C=O) groups excluding carboxylic acids is 4. The van der Waals surface area contributed by atoms with Gasteiger partial charge in [-0.3, -0.25) is 19.2 Å². The third kappa shape index (κ3) is 9.32. The van der Waals surface area contributed by atoms with E-state index in [1.165, 1.54) is 38.1 Å². The summed E-state index contributed by atoms with van der Waals surface area (Å²) in [6.07, 6.45) is 0. The van der Waals surface area contributed by atoms with Crippen LogP contribution in [0.2, 0.25) is 20.1 Å². The first kappa shape index (κ1) is 36.4. The van der Waals surface area contributed by atoms with E-state index in [2.05, 4.69) is 31.1 Å². The Morgan fingerprint density at radius 1 is 0.562 bits per heavy atom. The van der Waals surface area contributed by atoms with Crippen molar-refractivity contribution in [2.75, 3.05) is 10.6 Å². The fraction of sp³-hybridized carbons (Fsp3) is 0.176. The van der Waals surface area contributed by atoms with Crippen molar-refractivity contribution in [3.05, 3.63) is 104 Å². The second kappa shape index (κ2) is 16.1. The quantitative estimate of drug-likeness (QED) is 0.117. The van der Waals surface area contributed by atoms with Gasteiger partial charge in [-0.15, -0.1) is 0 Å². The summed E-state index contributed by atoms with van der Waals surface area (Å²) < 4.78 is 0. The Morgan fingerprint density at radius 2 is 0.938 bits per heavy atom. The molecule has 0 saturated carbocycles. The monoisotopic (exact) mass is 724 g/mol. The molecule has 0 saturated heterocycles. The largest absolute Gasteiger partial charge is 0.324 e. The molecule has 4 aromatic rings. The lowest BCUT2D eigenvalue weighted by Gasteiger charge is -2.15. The number of azo groups is 2. The molecular formula is C34H28Cl4N6O4. The number of benzene rings is 4. The molecule has 0 fully saturated rings. The van der Waals surface area contributed by atoms with E-state index in [-0.39, 0.29) is 21.4 Å². The van der Waals surface area contributed by atoms with Crippen molar-refractivity contribution in [3.8, 4) is 11.1 Å². The van der Waals surface area contributed by atoms with Crippen LogP contribution in [-0.2, 0) is 19.2 Å². The Balaban J connectivity index is 1.46. The molecule has 10 nitrogen and oxygen atoms in total.